The van der Waals surface area contributed by atoms with Gasteiger partial charge < -0.3 is 17.7 Å². The number of nitrogens with two attached hydrogens (primary N) is 1. The third-order valence-electron chi connectivity index (χ3n) is 5.71. The Morgan fingerprint density at radius 1 is 0.500 bits per heavy atom. The normalized spacial score (nSPS) is 14.6. The van der Waals surface area contributed by atoms with Gasteiger partial charge in [-0.05, 0) is 36.4 Å². The molecule has 0 saturated carbocycles. The Labute approximate surface area is 171 Å². The van der Waals surface area contributed by atoms with Gasteiger partial charge in [-0.25, -0.2) is 0 Å². The molecule has 0 saturated heterocycles. The molecule has 4 aromatic rings. The van der Waals surface area contributed by atoms with Gasteiger partial charge in [0.1, 0.15) is 10.6 Å². The van der Waals surface area contributed by atoms with Crippen LogP contribution in [0.1, 0.15) is 0 Å². The SMILES string of the molecule is [Cl-].c1ccc2c(c1)Nc1ccccc1[P+]21c2ccccc2[NH2+]c2ccccc21. The zero-order chi connectivity index (χ0) is 17.8. The third-order valence-corrected chi connectivity index (χ3v) is 10.2. The van der Waals surface area contributed by atoms with E-state index in [9.17, 15) is 0 Å². The summed E-state index contributed by atoms with van der Waals surface area (Å²) < 4.78 is 0. The molecule has 0 aliphatic carbocycles. The van der Waals surface area contributed by atoms with Crippen LogP contribution in [0.15, 0.2) is 97.1 Å². The van der Waals surface area contributed by atoms with Crippen molar-refractivity contribution in [3.8, 4) is 0 Å². The first kappa shape index (κ1) is 17.5. The van der Waals surface area contributed by atoms with Gasteiger partial charge in [0.05, 0.1) is 11.4 Å². The van der Waals surface area contributed by atoms with Crippen LogP contribution in [0.4, 0.5) is 22.7 Å². The van der Waals surface area contributed by atoms with Crippen molar-refractivity contribution < 1.29 is 17.7 Å². The predicted molar refractivity (Wildman–Crippen MR) is 116 cm³/mol. The van der Waals surface area contributed by atoms with Gasteiger partial charge in [0, 0.05) is 12.1 Å². The molecule has 0 radical (unpaired) electrons. The molecule has 28 heavy (non-hydrogen) atoms. The first-order valence-electron chi connectivity index (χ1n) is 9.28. The lowest BCUT2D eigenvalue weighted by molar-refractivity contribution is -0.476. The number of para-hydroxylation sites is 4. The summed E-state index contributed by atoms with van der Waals surface area (Å²) in [6.45, 7) is 0. The average Bonchev–Trinajstić information content (AvgIpc) is 2.73. The summed E-state index contributed by atoms with van der Waals surface area (Å²) in [6.07, 6.45) is 0. The van der Waals surface area contributed by atoms with Gasteiger partial charge in [-0.3, -0.25) is 5.32 Å². The Kier molecular flexibility index (Phi) is 4.03. The predicted octanol–water partition coefficient (Wildman–Crippen LogP) is 0.207. The Hall–Kier alpha value is -2.64. The number of fused-ring (bicyclic) bond motifs is 8. The quantitative estimate of drug-likeness (QED) is 0.276. The largest absolute Gasteiger partial charge is 1.00 e. The van der Waals surface area contributed by atoms with E-state index in [0.717, 1.165) is 0 Å². The van der Waals surface area contributed by atoms with Crippen molar-refractivity contribution >= 4 is 51.2 Å². The van der Waals surface area contributed by atoms with E-state index in [2.05, 4.69) is 108 Å². The fraction of sp³-hybridized carbons (Fsp3) is 0. The zero-order valence-corrected chi connectivity index (χ0v) is 16.8. The second kappa shape index (κ2) is 6.46. The molecule has 0 amide bonds. The van der Waals surface area contributed by atoms with Crippen molar-refractivity contribution in [1.29, 1.82) is 0 Å². The second-order valence-corrected chi connectivity index (χ2v) is 10.4. The van der Waals surface area contributed by atoms with Crippen molar-refractivity contribution in [1.82, 2.24) is 0 Å². The number of hydrogen-bond acceptors (Lipinski definition) is 1. The molecule has 2 aliphatic rings. The molecule has 1 spiro atoms. The van der Waals surface area contributed by atoms with Crippen molar-refractivity contribution in [3.05, 3.63) is 97.1 Å². The van der Waals surface area contributed by atoms with Crippen molar-refractivity contribution in [2.24, 2.45) is 0 Å². The molecule has 4 aromatic carbocycles. The summed E-state index contributed by atoms with van der Waals surface area (Å²) in [5.41, 5.74) is 5.15. The summed E-state index contributed by atoms with van der Waals surface area (Å²) in [7, 11) is -1.94. The van der Waals surface area contributed by atoms with E-state index in [0.29, 0.717) is 0 Å². The van der Waals surface area contributed by atoms with Gasteiger partial charge in [-0.15, -0.1) is 0 Å². The summed E-state index contributed by atoms with van der Waals surface area (Å²) in [5, 5.41) is 11.8. The highest BCUT2D eigenvalue weighted by atomic mass is 35.5. The van der Waals surface area contributed by atoms with E-state index in [1.54, 1.807) is 0 Å². The van der Waals surface area contributed by atoms with Crippen molar-refractivity contribution in [3.63, 3.8) is 0 Å². The highest BCUT2D eigenvalue weighted by molar-refractivity contribution is 8.02. The number of anilines is 2. The number of halogens is 1. The lowest BCUT2D eigenvalue weighted by Gasteiger charge is -2.36. The van der Waals surface area contributed by atoms with Crippen LogP contribution in [0.3, 0.4) is 0 Å². The third kappa shape index (κ3) is 2.17. The monoisotopic (exact) mass is 401 g/mol. The zero-order valence-electron chi connectivity index (χ0n) is 15.1. The van der Waals surface area contributed by atoms with Crippen LogP contribution in [-0.4, -0.2) is 0 Å². The lowest BCUT2D eigenvalue weighted by atomic mass is 10.2. The van der Waals surface area contributed by atoms with Crippen LogP contribution >= 0.6 is 7.26 Å². The van der Waals surface area contributed by atoms with Gasteiger partial charge in [-0.2, -0.15) is 0 Å². The summed E-state index contributed by atoms with van der Waals surface area (Å²) in [6, 6.07) is 35.6. The van der Waals surface area contributed by atoms with Crippen molar-refractivity contribution in [2.75, 3.05) is 5.32 Å². The Balaban J connectivity index is 0.00000171. The smallest absolute Gasteiger partial charge is 0.178 e. The van der Waals surface area contributed by atoms with E-state index in [-0.39, 0.29) is 12.4 Å². The van der Waals surface area contributed by atoms with Gasteiger partial charge in [-0.1, -0.05) is 48.5 Å². The second-order valence-electron chi connectivity index (χ2n) is 7.09. The molecule has 2 nitrogen and oxygen atoms in total. The van der Waals surface area contributed by atoms with E-state index >= 15 is 0 Å². The fourth-order valence-electron chi connectivity index (χ4n) is 4.66. The molecule has 2 heterocycles. The molecule has 0 aromatic heterocycles. The topological polar surface area (TPSA) is 28.6 Å². The Morgan fingerprint density at radius 3 is 1.39 bits per heavy atom. The average molecular weight is 402 g/mol. The maximum absolute atomic E-state index is 3.69. The number of benzene rings is 4. The van der Waals surface area contributed by atoms with Crippen LogP contribution < -0.4 is 44.3 Å². The molecule has 0 unspecified atom stereocenters. The Bertz CT molecular complexity index is 1010. The molecule has 3 N–H and O–H groups in total. The maximum Gasteiger partial charge on any atom is 0.178 e. The minimum atomic E-state index is -1.94. The highest BCUT2D eigenvalue weighted by Gasteiger charge is 2.58. The van der Waals surface area contributed by atoms with Gasteiger partial charge in [0.2, 0.25) is 0 Å². The molecule has 4 heteroatoms. The first-order chi connectivity index (χ1) is 13.4. The van der Waals surface area contributed by atoms with Crippen molar-refractivity contribution in [2.45, 2.75) is 0 Å². The number of rotatable bonds is 0. The molecule has 136 valence electrons. The van der Waals surface area contributed by atoms with Crippen LogP contribution in [0.25, 0.3) is 0 Å². The molecule has 0 bridgehead atoms. The van der Waals surface area contributed by atoms with Crippen LogP contribution in [0, 0.1) is 0 Å². The molecule has 0 fully saturated rings. The minimum absolute atomic E-state index is 0. The molecule has 0 atom stereocenters. The van der Waals surface area contributed by atoms with E-state index in [1.807, 2.05) is 0 Å². The van der Waals surface area contributed by atoms with E-state index in [4.69, 9.17) is 0 Å². The maximum atomic E-state index is 3.69. The lowest BCUT2D eigenvalue weighted by Crippen LogP contribution is -3.00. The summed E-state index contributed by atoms with van der Waals surface area (Å²) in [5.74, 6) is 0. The van der Waals surface area contributed by atoms with E-state index < -0.39 is 7.26 Å². The first-order valence-corrected chi connectivity index (χ1v) is 11.1. The van der Waals surface area contributed by atoms with Gasteiger partial charge in [0.15, 0.2) is 29.2 Å². The number of nitrogens with one attached hydrogen (secondary N) is 1. The molecule has 6 rings (SSSR count). The summed E-state index contributed by atoms with van der Waals surface area (Å²) in [4.78, 5) is 0. The fourth-order valence-corrected chi connectivity index (χ4v) is 9.50. The molecular formula is C24H19ClN2P+. The van der Waals surface area contributed by atoms with Crippen LogP contribution in [0.2, 0.25) is 0 Å². The van der Waals surface area contributed by atoms with E-state index in [1.165, 1.54) is 44.0 Å². The number of quaternary nitrogens is 1. The van der Waals surface area contributed by atoms with Crippen LogP contribution in [0.5, 0.6) is 0 Å². The van der Waals surface area contributed by atoms with Gasteiger partial charge in [0.25, 0.3) is 0 Å². The summed E-state index contributed by atoms with van der Waals surface area (Å²) >= 11 is 0. The highest BCUT2D eigenvalue weighted by Crippen LogP contribution is 2.62. The molecular weight excluding hydrogens is 383 g/mol. The standard InChI is InChI=1S/C24H18N2P.ClH/c1-5-13-21-17(9-1)25-18-10-2-6-14-22(18)27(21)23-15-7-3-11-19(23)26-20-12-4-8-16-24(20)27;/h1-16,25-26H;1H/q+1;. The molecule has 2 aliphatic heterocycles. The van der Waals surface area contributed by atoms with Crippen LogP contribution in [-0.2, 0) is 0 Å². The minimum Gasteiger partial charge on any atom is -1.00 e. The van der Waals surface area contributed by atoms with Gasteiger partial charge >= 0.3 is 0 Å². The number of hydrogen-bond donors (Lipinski definition) is 2. The Morgan fingerprint density at radius 2 is 0.893 bits per heavy atom.